The Kier molecular flexibility index (Phi) is 25.9. The Bertz CT molecular complexity index is 1710. The van der Waals surface area contributed by atoms with Crippen molar-refractivity contribution in [1.82, 2.24) is 0 Å². The van der Waals surface area contributed by atoms with Gasteiger partial charge in [0.2, 0.25) is 0 Å². The van der Waals surface area contributed by atoms with Crippen molar-refractivity contribution < 1.29 is 73.3 Å². The molecule has 8 rings (SSSR count). The van der Waals surface area contributed by atoms with Gasteiger partial charge >= 0.3 is 141 Å². The Balaban J connectivity index is 0.000000334. The number of rotatable bonds is 2. The van der Waals surface area contributed by atoms with Gasteiger partial charge in [-0.15, -0.1) is 13.8 Å². The Morgan fingerprint density at radius 1 is 0.518 bits per heavy atom. The first-order chi connectivity index (χ1) is 25.8. The summed E-state index contributed by atoms with van der Waals surface area (Å²) in [5.41, 5.74) is 17.6. The van der Waals surface area contributed by atoms with Crippen LogP contribution in [-0.4, -0.2) is 6.41 Å². The Hall–Kier alpha value is -1.81. The maximum atomic E-state index is 3.36. The summed E-state index contributed by atoms with van der Waals surface area (Å²) in [7, 11) is 0. The molecule has 0 bridgehead atoms. The van der Waals surface area contributed by atoms with E-state index in [2.05, 4.69) is 166 Å². The zero-order chi connectivity index (χ0) is 39.6. The van der Waals surface area contributed by atoms with Gasteiger partial charge in [0.15, 0.2) is 0 Å². The number of hydrogen-bond acceptors (Lipinski definition) is 0. The second-order valence-electron chi connectivity index (χ2n) is 15.1. The van der Waals surface area contributed by atoms with Crippen LogP contribution >= 0.6 is 0 Å². The van der Waals surface area contributed by atoms with Crippen molar-refractivity contribution in [3.63, 3.8) is 0 Å². The van der Waals surface area contributed by atoms with Gasteiger partial charge in [0, 0.05) is 0 Å². The molecule has 0 heterocycles. The van der Waals surface area contributed by atoms with Crippen molar-refractivity contribution >= 4 is 6.41 Å². The number of allylic oxidation sites excluding steroid dienone is 8. The monoisotopic (exact) mass is 938 g/mol. The molecule has 0 saturated heterocycles. The third-order valence-corrected chi connectivity index (χ3v) is 12.6. The minimum Gasteiger partial charge on any atom is -1.00 e. The van der Waals surface area contributed by atoms with Gasteiger partial charge < -0.3 is 24.8 Å². The van der Waals surface area contributed by atoms with E-state index in [1.165, 1.54) is 151 Å². The van der Waals surface area contributed by atoms with Gasteiger partial charge in [-0.1, -0.05) is 105 Å². The van der Waals surface area contributed by atoms with E-state index in [0.29, 0.717) is 11.8 Å². The molecule has 2 atom stereocenters. The minimum atomic E-state index is 0. The van der Waals surface area contributed by atoms with Crippen LogP contribution in [0.15, 0.2) is 131 Å². The summed E-state index contributed by atoms with van der Waals surface area (Å²) in [5, 5.41) is 0. The van der Waals surface area contributed by atoms with Crippen LogP contribution in [0.4, 0.5) is 0 Å². The first kappa shape index (κ1) is 52.2. The average Bonchev–Trinajstić information content (AvgIpc) is 3.97. The zero-order valence-corrected chi connectivity index (χ0v) is 42.2. The van der Waals surface area contributed by atoms with Crippen LogP contribution in [0.1, 0.15) is 128 Å². The van der Waals surface area contributed by atoms with E-state index in [0.717, 1.165) is 0 Å². The van der Waals surface area contributed by atoms with Gasteiger partial charge in [0.1, 0.15) is 0 Å². The number of benzene rings is 2. The van der Waals surface area contributed by atoms with Gasteiger partial charge in [0.25, 0.3) is 0 Å². The number of halogens is 2. The molecular formula is C52H64Cl2Zr2-2. The summed E-state index contributed by atoms with van der Waals surface area (Å²) >= 11 is 3.01. The molecule has 4 aliphatic rings. The smallest absolute Gasteiger partial charge is 0.0512 e. The molecule has 4 aromatic carbocycles. The fourth-order valence-corrected chi connectivity index (χ4v) is 7.75. The predicted molar refractivity (Wildman–Crippen MR) is 230 cm³/mol. The SMILES string of the molecule is CC1=[C-]C(C)C(C)=C1C.CC1=[C-]C(C)C(C)=C1C.C[C](=[Zr+2])c1ccccc1.C[C](=[Zr+2])c1ccccc1.[Cl-].[Cl-].c1cc2c([cH-]1)CCCC2.c1cc2c([cH-]1)CCCC2. The van der Waals surface area contributed by atoms with E-state index in [-0.39, 0.29) is 24.8 Å². The van der Waals surface area contributed by atoms with Crippen molar-refractivity contribution in [2.75, 3.05) is 0 Å². The molecule has 2 unspecified atom stereocenters. The van der Waals surface area contributed by atoms with E-state index in [4.69, 9.17) is 0 Å². The second kappa shape index (κ2) is 27.8. The molecule has 0 N–H and O–H groups in total. The first-order valence-corrected chi connectivity index (χ1v) is 22.5. The van der Waals surface area contributed by atoms with Crippen LogP contribution in [0.25, 0.3) is 0 Å². The summed E-state index contributed by atoms with van der Waals surface area (Å²) in [6, 6.07) is 34.3. The molecule has 0 radical (unpaired) electrons. The third-order valence-electron chi connectivity index (χ3n) is 11.2. The molecule has 0 aromatic heterocycles. The van der Waals surface area contributed by atoms with Gasteiger partial charge in [-0.25, -0.2) is 23.3 Å². The van der Waals surface area contributed by atoms with E-state index < -0.39 is 0 Å². The predicted octanol–water partition coefficient (Wildman–Crippen LogP) is 7.57. The van der Waals surface area contributed by atoms with Gasteiger partial charge in [0.05, 0.1) is 0 Å². The number of aryl methyl sites for hydroxylation is 4. The molecule has 56 heavy (non-hydrogen) atoms. The molecule has 4 heteroatoms. The van der Waals surface area contributed by atoms with Crippen molar-refractivity contribution in [3.05, 3.63) is 176 Å². The molecule has 0 spiro atoms. The van der Waals surface area contributed by atoms with Crippen LogP contribution in [0, 0.1) is 24.0 Å². The average molecular weight is 942 g/mol. The van der Waals surface area contributed by atoms with Gasteiger partial charge in [-0.3, -0.25) is 12.2 Å². The standard InChI is InChI=1S/2C9H11.2C9H13.2C8H8.2ClH.2Zr/c2*1-2-5-9-7-3-6-8(9)4-1;2*1-6-5-7(2)9(4)8(6)3;2*1-2-8-6-4-3-5-7-8;;;;/h2*3,6-7H,1-2,4-5H2;2*6H,1-4H3;2*3-7H,1H3;2*1H;;/q4*-1;;;;;2*+2/p-2. The number of hydrogen-bond donors (Lipinski definition) is 0. The topological polar surface area (TPSA) is 0 Å². The van der Waals surface area contributed by atoms with E-state index in [1.807, 2.05) is 12.1 Å². The quantitative estimate of drug-likeness (QED) is 0.182. The van der Waals surface area contributed by atoms with E-state index in [9.17, 15) is 0 Å². The molecule has 0 saturated carbocycles. The van der Waals surface area contributed by atoms with Crippen molar-refractivity contribution in [2.24, 2.45) is 11.8 Å². The summed E-state index contributed by atoms with van der Waals surface area (Å²) in [6.45, 7) is 21.7. The summed E-state index contributed by atoms with van der Waals surface area (Å²) in [4.78, 5) is 0. The van der Waals surface area contributed by atoms with E-state index >= 15 is 0 Å². The summed E-state index contributed by atoms with van der Waals surface area (Å²) in [5.74, 6) is 1.12. The van der Waals surface area contributed by atoms with Gasteiger partial charge in [-0.2, -0.15) is 68.8 Å². The molecule has 4 aromatic rings. The first-order valence-electron chi connectivity index (χ1n) is 20.0. The van der Waals surface area contributed by atoms with Crippen LogP contribution in [-0.2, 0) is 74.2 Å². The maximum absolute atomic E-state index is 3.36. The van der Waals surface area contributed by atoms with Crippen molar-refractivity contribution in [2.45, 2.75) is 121 Å². The molecule has 4 aliphatic carbocycles. The molecule has 0 aliphatic heterocycles. The van der Waals surface area contributed by atoms with Gasteiger partial charge in [-0.05, 0) is 0 Å². The van der Waals surface area contributed by atoms with Crippen molar-refractivity contribution in [3.8, 4) is 0 Å². The van der Waals surface area contributed by atoms with E-state index in [1.54, 1.807) is 22.3 Å². The molecule has 0 fully saturated rings. The molecule has 0 nitrogen and oxygen atoms in total. The summed E-state index contributed by atoms with van der Waals surface area (Å²) < 4.78 is 2.92. The maximum Gasteiger partial charge on any atom is -0.0512 e. The Labute approximate surface area is 384 Å². The fourth-order valence-electron chi connectivity index (χ4n) is 6.93. The Morgan fingerprint density at radius 2 is 0.839 bits per heavy atom. The van der Waals surface area contributed by atoms with Crippen LogP contribution in [0.5, 0.6) is 0 Å². The molecule has 296 valence electrons. The zero-order valence-electron chi connectivity index (χ0n) is 35.8. The van der Waals surface area contributed by atoms with Crippen LogP contribution in [0.2, 0.25) is 0 Å². The molecular weight excluding hydrogens is 878 g/mol. The Morgan fingerprint density at radius 3 is 1.05 bits per heavy atom. The van der Waals surface area contributed by atoms with Crippen LogP contribution < -0.4 is 24.8 Å². The number of fused-ring (bicyclic) bond motifs is 2. The normalized spacial score (nSPS) is 17.2. The minimum absolute atomic E-state index is 0. The fraction of sp³-hybridized carbons (Fsp3) is 0.385. The van der Waals surface area contributed by atoms with Crippen molar-refractivity contribution in [1.29, 1.82) is 0 Å². The second-order valence-corrected chi connectivity index (χ2v) is 18.8. The van der Waals surface area contributed by atoms with Crippen LogP contribution in [0.3, 0.4) is 0 Å². The largest absolute Gasteiger partial charge is 1.00 e. The summed E-state index contributed by atoms with van der Waals surface area (Å²) in [6.07, 6.45) is 17.6. The third kappa shape index (κ3) is 17.6. The molecule has 0 amide bonds.